The summed E-state index contributed by atoms with van der Waals surface area (Å²) < 4.78 is 4.51. The highest BCUT2D eigenvalue weighted by Gasteiger charge is 2.18. The number of anilines is 3. The molecule has 0 aliphatic rings. The third-order valence-electron chi connectivity index (χ3n) is 12.5. The third kappa shape index (κ3) is 7.54. The second kappa shape index (κ2) is 17.1. The maximum absolute atomic E-state index is 5.14. The smallest absolute Gasteiger partial charge is 0.145 e. The summed E-state index contributed by atoms with van der Waals surface area (Å²) in [5, 5.41) is 0. The van der Waals surface area contributed by atoms with Gasteiger partial charge in [0.15, 0.2) is 0 Å². The van der Waals surface area contributed by atoms with Crippen LogP contribution in [0.5, 0.6) is 0 Å². The lowest BCUT2D eigenvalue weighted by atomic mass is 10.0. The molecule has 0 aliphatic heterocycles. The van der Waals surface area contributed by atoms with Crippen LogP contribution < -0.4 is 4.90 Å². The van der Waals surface area contributed by atoms with Crippen molar-refractivity contribution in [2.45, 2.75) is 0 Å². The van der Waals surface area contributed by atoms with Crippen LogP contribution in [-0.2, 0) is 0 Å². The van der Waals surface area contributed by atoms with Gasteiger partial charge < -0.3 is 4.90 Å². The minimum atomic E-state index is 0.915. The maximum Gasteiger partial charge on any atom is 0.145 e. The van der Waals surface area contributed by atoms with Gasteiger partial charge in [0.1, 0.15) is 11.6 Å². The predicted molar refractivity (Wildman–Crippen MR) is 278 cm³/mol. The van der Waals surface area contributed by atoms with Gasteiger partial charge in [-0.1, -0.05) is 164 Å². The van der Waals surface area contributed by atoms with Gasteiger partial charge in [-0.15, -0.1) is 0 Å². The van der Waals surface area contributed by atoms with Crippen LogP contribution in [0.2, 0.25) is 0 Å². The molecule has 316 valence electrons. The second-order valence-corrected chi connectivity index (χ2v) is 16.7. The van der Waals surface area contributed by atoms with E-state index in [0.717, 1.165) is 95.5 Å². The highest BCUT2D eigenvalue weighted by atomic mass is 15.1. The zero-order chi connectivity index (χ0) is 44.5. The molecule has 5 nitrogen and oxygen atoms in total. The summed E-state index contributed by atoms with van der Waals surface area (Å²) in [5.74, 6) is 1.83. The van der Waals surface area contributed by atoms with Gasteiger partial charge in [-0.2, -0.15) is 0 Å². The minimum absolute atomic E-state index is 0.915. The zero-order valence-electron chi connectivity index (χ0n) is 36.6. The number of imidazole rings is 2. The summed E-state index contributed by atoms with van der Waals surface area (Å²) in [4.78, 5) is 12.6. The fraction of sp³-hybridized carbons (Fsp3) is 0. The molecule has 0 unspecified atom stereocenters. The summed E-state index contributed by atoms with van der Waals surface area (Å²) in [5.41, 5.74) is 18.5. The van der Waals surface area contributed by atoms with Gasteiger partial charge in [-0.25, -0.2) is 9.97 Å². The Bertz CT molecular complexity index is 3450. The van der Waals surface area contributed by atoms with Crippen LogP contribution in [0.3, 0.4) is 0 Å². The molecule has 0 N–H and O–H groups in total. The lowest BCUT2D eigenvalue weighted by molar-refractivity contribution is 1.10. The maximum atomic E-state index is 5.14. The SMILES string of the molecule is c1ccc(-c2ccc(N(c3ccc(-c4cccc(-c5nc6ccccc6n5-c5ccccc5)c4)cc3)c3ccc(-c4cccc(-c5nc6ccccc6n5-c5ccccc5)c4)cc3)cc2)cc1. The Morgan fingerprint density at radius 1 is 0.254 bits per heavy atom. The Hall–Kier alpha value is -9.06. The number of hydrogen-bond donors (Lipinski definition) is 0. The minimum Gasteiger partial charge on any atom is -0.311 e. The number of nitrogens with zero attached hydrogens (tertiary/aromatic N) is 5. The van der Waals surface area contributed by atoms with Gasteiger partial charge in [0.25, 0.3) is 0 Å². The van der Waals surface area contributed by atoms with E-state index >= 15 is 0 Å². The number of fused-ring (bicyclic) bond motifs is 2. The first kappa shape index (κ1) is 39.5. The number of hydrogen-bond acceptors (Lipinski definition) is 3. The summed E-state index contributed by atoms with van der Waals surface area (Å²) in [6, 6.07) is 92.3. The molecular weight excluding hydrogens is 815 g/mol. The molecule has 0 bridgehead atoms. The molecule has 0 atom stereocenters. The fourth-order valence-electron chi connectivity index (χ4n) is 9.28. The largest absolute Gasteiger partial charge is 0.311 e. The fourth-order valence-corrected chi connectivity index (χ4v) is 9.28. The van der Waals surface area contributed by atoms with Gasteiger partial charge >= 0.3 is 0 Å². The van der Waals surface area contributed by atoms with E-state index in [-0.39, 0.29) is 0 Å². The number of aromatic nitrogens is 4. The van der Waals surface area contributed by atoms with Crippen LogP contribution in [0.1, 0.15) is 0 Å². The Morgan fingerprint density at radius 2 is 0.567 bits per heavy atom. The predicted octanol–water partition coefficient (Wildman–Crippen LogP) is 16.2. The quantitative estimate of drug-likeness (QED) is 0.138. The Balaban J connectivity index is 0.894. The number of para-hydroxylation sites is 6. The third-order valence-corrected chi connectivity index (χ3v) is 12.5. The van der Waals surface area contributed by atoms with Crippen molar-refractivity contribution in [3.8, 4) is 67.5 Å². The molecule has 12 rings (SSSR count). The summed E-state index contributed by atoms with van der Waals surface area (Å²) in [7, 11) is 0. The molecule has 2 heterocycles. The highest BCUT2D eigenvalue weighted by molar-refractivity contribution is 5.87. The molecule has 0 saturated carbocycles. The molecule has 67 heavy (non-hydrogen) atoms. The van der Waals surface area contributed by atoms with Crippen molar-refractivity contribution >= 4 is 39.1 Å². The molecule has 2 aromatic heterocycles. The zero-order valence-corrected chi connectivity index (χ0v) is 36.6. The van der Waals surface area contributed by atoms with E-state index < -0.39 is 0 Å². The summed E-state index contributed by atoms with van der Waals surface area (Å²) in [6.07, 6.45) is 0. The van der Waals surface area contributed by atoms with Crippen molar-refractivity contribution in [3.63, 3.8) is 0 Å². The lowest BCUT2D eigenvalue weighted by Crippen LogP contribution is -2.09. The van der Waals surface area contributed by atoms with Crippen LogP contribution in [0, 0.1) is 0 Å². The van der Waals surface area contributed by atoms with Crippen molar-refractivity contribution < 1.29 is 0 Å². The number of benzene rings is 10. The molecule has 0 fully saturated rings. The molecule has 5 heteroatoms. The van der Waals surface area contributed by atoms with E-state index in [9.17, 15) is 0 Å². The van der Waals surface area contributed by atoms with Crippen LogP contribution in [0.4, 0.5) is 17.1 Å². The van der Waals surface area contributed by atoms with Crippen molar-refractivity contribution in [2.75, 3.05) is 4.90 Å². The summed E-state index contributed by atoms with van der Waals surface area (Å²) in [6.45, 7) is 0. The van der Waals surface area contributed by atoms with Crippen LogP contribution in [0.25, 0.3) is 89.6 Å². The van der Waals surface area contributed by atoms with Gasteiger partial charge in [0, 0.05) is 39.6 Å². The van der Waals surface area contributed by atoms with Crippen molar-refractivity contribution in [1.82, 2.24) is 19.1 Å². The van der Waals surface area contributed by atoms with Crippen molar-refractivity contribution in [3.05, 3.63) is 261 Å². The van der Waals surface area contributed by atoms with E-state index in [4.69, 9.17) is 9.97 Å². The Kier molecular flexibility index (Phi) is 10.1. The van der Waals surface area contributed by atoms with Crippen LogP contribution >= 0.6 is 0 Å². The number of rotatable bonds is 10. The van der Waals surface area contributed by atoms with E-state index in [2.05, 4.69) is 263 Å². The topological polar surface area (TPSA) is 38.9 Å². The normalized spacial score (nSPS) is 11.3. The standard InChI is InChI=1S/C62H43N5/c1-4-16-44(17-5-1)45-30-36-54(37-31-45)65(55-38-32-46(33-39-55)48-18-14-20-50(42-48)61-63-57-26-10-12-28-59(57)66(61)52-22-6-2-7-23-52)56-40-34-47(35-41-56)49-19-15-21-51(43-49)62-64-58-27-11-13-29-60(58)67(62)53-24-8-3-9-25-53/h1-43H. The Morgan fingerprint density at radius 3 is 0.985 bits per heavy atom. The average Bonchev–Trinajstić information content (AvgIpc) is 4.00. The van der Waals surface area contributed by atoms with E-state index in [1.807, 2.05) is 12.1 Å². The first-order valence-corrected chi connectivity index (χ1v) is 22.7. The average molecular weight is 858 g/mol. The van der Waals surface area contributed by atoms with Crippen molar-refractivity contribution in [1.29, 1.82) is 0 Å². The van der Waals surface area contributed by atoms with Gasteiger partial charge in [0.05, 0.1) is 22.1 Å². The van der Waals surface area contributed by atoms with Crippen molar-refractivity contribution in [2.24, 2.45) is 0 Å². The molecule has 10 aromatic carbocycles. The van der Waals surface area contributed by atoms with Gasteiger partial charge in [-0.05, 0) is 130 Å². The van der Waals surface area contributed by atoms with Gasteiger partial charge in [0.2, 0.25) is 0 Å². The lowest BCUT2D eigenvalue weighted by Gasteiger charge is -2.26. The summed E-state index contributed by atoms with van der Waals surface area (Å²) >= 11 is 0. The monoisotopic (exact) mass is 857 g/mol. The first-order valence-electron chi connectivity index (χ1n) is 22.7. The molecule has 0 saturated heterocycles. The second-order valence-electron chi connectivity index (χ2n) is 16.7. The highest BCUT2D eigenvalue weighted by Crippen LogP contribution is 2.39. The van der Waals surface area contributed by atoms with Gasteiger partial charge in [-0.3, -0.25) is 9.13 Å². The molecular formula is C62H43N5. The van der Waals surface area contributed by atoms with E-state index in [1.165, 1.54) is 11.1 Å². The Labute approximate surface area is 389 Å². The van der Waals surface area contributed by atoms with Crippen LogP contribution in [0.15, 0.2) is 261 Å². The molecule has 0 aliphatic carbocycles. The molecule has 0 radical (unpaired) electrons. The van der Waals surface area contributed by atoms with E-state index in [0.29, 0.717) is 0 Å². The molecule has 12 aromatic rings. The molecule has 0 amide bonds. The molecule has 0 spiro atoms. The first-order chi connectivity index (χ1) is 33.2. The van der Waals surface area contributed by atoms with E-state index in [1.54, 1.807) is 0 Å². The van der Waals surface area contributed by atoms with Crippen LogP contribution in [-0.4, -0.2) is 19.1 Å².